The topological polar surface area (TPSA) is 99.1 Å². The molecule has 1 N–H and O–H groups in total. The van der Waals surface area contributed by atoms with Gasteiger partial charge in [0.05, 0.1) is 19.8 Å². The quantitative estimate of drug-likeness (QED) is 0.406. The predicted octanol–water partition coefficient (Wildman–Crippen LogP) is 4.49. The number of carbonyl (C=O) groups excluding carboxylic acids is 3. The largest absolute Gasteiger partial charge is 0.507 e. The lowest BCUT2D eigenvalue weighted by molar-refractivity contribution is 0.0467. The van der Waals surface area contributed by atoms with E-state index in [0.29, 0.717) is 24.2 Å². The minimum absolute atomic E-state index is 0.0333. The first-order chi connectivity index (χ1) is 16.4. The fourth-order valence-electron chi connectivity index (χ4n) is 4.23. The minimum Gasteiger partial charge on any atom is -0.507 e. The van der Waals surface area contributed by atoms with Crippen molar-refractivity contribution in [1.82, 2.24) is 0 Å². The smallest absolute Gasteiger partial charge is 0.342 e. The van der Waals surface area contributed by atoms with Crippen molar-refractivity contribution in [3.05, 3.63) is 87.5 Å². The number of phenols is 1. The Bertz CT molecular complexity index is 1290. The number of esters is 1. The molecule has 0 spiro atoms. The number of phenolic OH excluding ortho intramolecular Hbond substituents is 1. The average molecular weight is 460 g/mol. The van der Waals surface area contributed by atoms with Crippen LogP contribution in [0.25, 0.3) is 0 Å². The standard InChI is InChI=1S/C27H24O7/c1-4-6-17-22-19(25(29)18-7-5-8-21(33-3)24(18)26(22)30)13-20(28)23(17)27(31)34-14-15-9-11-16(32-2)12-10-15/h5,7-13,28H,4,6,14H2,1-3H3. The fraction of sp³-hybridized carbons (Fsp3) is 0.222. The van der Waals surface area contributed by atoms with Crippen molar-refractivity contribution in [3.63, 3.8) is 0 Å². The second-order valence-electron chi connectivity index (χ2n) is 7.89. The molecular weight excluding hydrogens is 436 g/mol. The van der Waals surface area contributed by atoms with Gasteiger partial charge in [-0.1, -0.05) is 37.6 Å². The Morgan fingerprint density at radius 1 is 0.912 bits per heavy atom. The van der Waals surface area contributed by atoms with Crippen LogP contribution in [0, 0.1) is 0 Å². The van der Waals surface area contributed by atoms with Crippen LogP contribution in [0.15, 0.2) is 48.5 Å². The number of rotatable bonds is 7. The van der Waals surface area contributed by atoms with Crippen molar-refractivity contribution < 1.29 is 33.7 Å². The zero-order valence-corrected chi connectivity index (χ0v) is 19.1. The van der Waals surface area contributed by atoms with Crippen LogP contribution >= 0.6 is 0 Å². The molecule has 4 rings (SSSR count). The Morgan fingerprint density at radius 2 is 1.65 bits per heavy atom. The van der Waals surface area contributed by atoms with Crippen LogP contribution in [0.2, 0.25) is 0 Å². The maximum atomic E-state index is 13.6. The lowest BCUT2D eigenvalue weighted by Gasteiger charge is -2.24. The Labute approximate surface area is 196 Å². The molecule has 0 amide bonds. The molecule has 174 valence electrons. The average Bonchev–Trinajstić information content (AvgIpc) is 2.85. The van der Waals surface area contributed by atoms with Crippen LogP contribution < -0.4 is 9.47 Å². The van der Waals surface area contributed by atoms with E-state index in [1.54, 1.807) is 49.6 Å². The SMILES string of the molecule is CCCc1c(C(=O)OCc2ccc(OC)cc2)c(O)cc2c1C(=O)c1c(OC)cccc1C2=O. The van der Waals surface area contributed by atoms with E-state index in [4.69, 9.17) is 14.2 Å². The summed E-state index contributed by atoms with van der Waals surface area (Å²) < 4.78 is 15.9. The highest BCUT2D eigenvalue weighted by Gasteiger charge is 2.37. The van der Waals surface area contributed by atoms with Crippen LogP contribution in [0.3, 0.4) is 0 Å². The van der Waals surface area contributed by atoms with Crippen LogP contribution in [0.4, 0.5) is 0 Å². The van der Waals surface area contributed by atoms with E-state index in [9.17, 15) is 19.5 Å². The molecule has 0 saturated heterocycles. The monoisotopic (exact) mass is 460 g/mol. The number of hydrogen-bond acceptors (Lipinski definition) is 7. The molecule has 7 nitrogen and oxygen atoms in total. The van der Waals surface area contributed by atoms with Gasteiger partial charge in [0.25, 0.3) is 0 Å². The summed E-state index contributed by atoms with van der Waals surface area (Å²) in [5.74, 6) is -1.05. The molecule has 7 heteroatoms. The Balaban J connectivity index is 1.77. The number of ether oxygens (including phenoxy) is 3. The third-order valence-electron chi connectivity index (χ3n) is 5.83. The highest BCUT2D eigenvalue weighted by molar-refractivity contribution is 6.30. The second-order valence-corrected chi connectivity index (χ2v) is 7.89. The molecule has 1 aliphatic carbocycles. The summed E-state index contributed by atoms with van der Waals surface area (Å²) >= 11 is 0. The summed E-state index contributed by atoms with van der Waals surface area (Å²) in [6, 6.07) is 13.0. The molecule has 0 unspecified atom stereocenters. The molecule has 1 aliphatic rings. The molecule has 0 saturated carbocycles. The number of hydrogen-bond donors (Lipinski definition) is 1. The van der Waals surface area contributed by atoms with Crippen LogP contribution in [0.1, 0.15) is 66.7 Å². The van der Waals surface area contributed by atoms with E-state index >= 15 is 0 Å². The molecule has 0 aliphatic heterocycles. The van der Waals surface area contributed by atoms with Crippen LogP contribution in [-0.2, 0) is 17.8 Å². The molecule has 3 aromatic carbocycles. The summed E-state index contributed by atoms with van der Waals surface area (Å²) in [6.45, 7) is 1.85. The summed E-state index contributed by atoms with van der Waals surface area (Å²) in [6.07, 6.45) is 0.877. The molecule has 0 heterocycles. The number of methoxy groups -OCH3 is 2. The summed E-state index contributed by atoms with van der Waals surface area (Å²) in [5, 5.41) is 10.8. The second kappa shape index (κ2) is 9.39. The normalized spacial score (nSPS) is 12.1. The van der Waals surface area contributed by atoms with E-state index in [1.165, 1.54) is 13.2 Å². The predicted molar refractivity (Wildman–Crippen MR) is 124 cm³/mol. The van der Waals surface area contributed by atoms with Gasteiger partial charge in [-0.25, -0.2) is 4.79 Å². The van der Waals surface area contributed by atoms with Gasteiger partial charge in [-0.3, -0.25) is 9.59 Å². The number of aromatic hydroxyl groups is 1. The highest BCUT2D eigenvalue weighted by atomic mass is 16.5. The molecular formula is C27H24O7. The highest BCUT2D eigenvalue weighted by Crippen LogP contribution is 2.39. The van der Waals surface area contributed by atoms with E-state index in [-0.39, 0.29) is 40.2 Å². The molecule has 34 heavy (non-hydrogen) atoms. The van der Waals surface area contributed by atoms with Crippen molar-refractivity contribution in [2.75, 3.05) is 14.2 Å². The molecule has 0 radical (unpaired) electrons. The first kappa shape index (κ1) is 23.0. The van der Waals surface area contributed by atoms with Crippen molar-refractivity contribution in [1.29, 1.82) is 0 Å². The van der Waals surface area contributed by atoms with Crippen molar-refractivity contribution in [3.8, 4) is 17.2 Å². The van der Waals surface area contributed by atoms with Gasteiger partial charge < -0.3 is 19.3 Å². The minimum atomic E-state index is -0.773. The molecule has 0 aromatic heterocycles. The van der Waals surface area contributed by atoms with Gasteiger partial charge in [0.15, 0.2) is 11.6 Å². The van der Waals surface area contributed by atoms with Crippen LogP contribution in [-0.4, -0.2) is 36.9 Å². The van der Waals surface area contributed by atoms with Gasteiger partial charge in [-0.15, -0.1) is 0 Å². The van der Waals surface area contributed by atoms with Gasteiger partial charge >= 0.3 is 5.97 Å². The van der Waals surface area contributed by atoms with Gasteiger partial charge in [-0.2, -0.15) is 0 Å². The third-order valence-corrected chi connectivity index (χ3v) is 5.83. The molecule has 3 aromatic rings. The summed E-state index contributed by atoms with van der Waals surface area (Å²) in [7, 11) is 2.98. The van der Waals surface area contributed by atoms with Gasteiger partial charge in [0.1, 0.15) is 29.4 Å². The number of benzene rings is 3. The molecule has 0 bridgehead atoms. The number of carbonyl (C=O) groups is 3. The molecule has 0 atom stereocenters. The Hall–Kier alpha value is -4.13. The zero-order valence-electron chi connectivity index (χ0n) is 19.1. The maximum absolute atomic E-state index is 13.6. The van der Waals surface area contributed by atoms with Gasteiger partial charge in [0, 0.05) is 16.7 Å². The van der Waals surface area contributed by atoms with E-state index in [2.05, 4.69) is 0 Å². The zero-order chi connectivity index (χ0) is 24.4. The summed E-state index contributed by atoms with van der Waals surface area (Å²) in [4.78, 5) is 39.9. The molecule has 0 fully saturated rings. The summed E-state index contributed by atoms with van der Waals surface area (Å²) in [5.41, 5.74) is 1.46. The Kier molecular flexibility index (Phi) is 6.36. The lowest BCUT2D eigenvalue weighted by atomic mass is 9.78. The van der Waals surface area contributed by atoms with Crippen LogP contribution in [0.5, 0.6) is 17.2 Å². The van der Waals surface area contributed by atoms with E-state index < -0.39 is 23.3 Å². The first-order valence-corrected chi connectivity index (χ1v) is 10.9. The third kappa shape index (κ3) is 3.90. The lowest BCUT2D eigenvalue weighted by Crippen LogP contribution is -2.25. The van der Waals surface area contributed by atoms with Crippen molar-refractivity contribution in [2.24, 2.45) is 0 Å². The van der Waals surface area contributed by atoms with Crippen molar-refractivity contribution in [2.45, 2.75) is 26.4 Å². The first-order valence-electron chi connectivity index (χ1n) is 10.9. The number of fused-ring (bicyclic) bond motifs is 2. The number of ketones is 2. The van der Waals surface area contributed by atoms with Gasteiger partial charge in [0.2, 0.25) is 0 Å². The van der Waals surface area contributed by atoms with Crippen molar-refractivity contribution >= 4 is 17.5 Å². The maximum Gasteiger partial charge on any atom is 0.342 e. The van der Waals surface area contributed by atoms with E-state index in [0.717, 1.165) is 5.56 Å². The van der Waals surface area contributed by atoms with E-state index in [1.807, 2.05) is 6.92 Å². The fourth-order valence-corrected chi connectivity index (χ4v) is 4.23. The van der Waals surface area contributed by atoms with Gasteiger partial charge in [-0.05, 0) is 41.8 Å². The Morgan fingerprint density at radius 3 is 2.29 bits per heavy atom.